The summed E-state index contributed by atoms with van der Waals surface area (Å²) in [6, 6.07) is 0. The molecule has 0 saturated heterocycles. The molecule has 5 heteroatoms. The van der Waals surface area contributed by atoms with E-state index >= 15 is 0 Å². The molecule has 0 aromatic carbocycles. The molecule has 0 amide bonds. The fourth-order valence-electron chi connectivity index (χ4n) is 7.62. The van der Waals surface area contributed by atoms with E-state index in [4.69, 9.17) is 10.5 Å². The fourth-order valence-corrected chi connectivity index (χ4v) is 7.62. The van der Waals surface area contributed by atoms with Crippen LogP contribution in [0.4, 0.5) is 0 Å². The third kappa shape index (κ3) is 4.17. The Morgan fingerprint density at radius 1 is 1.21 bits per heavy atom. The number of fused-ring (bicyclic) bond motifs is 5. The van der Waals surface area contributed by atoms with Crippen molar-refractivity contribution < 1.29 is 14.7 Å². The molecule has 29 heavy (non-hydrogen) atoms. The minimum absolute atomic E-state index is 0.0579. The van der Waals surface area contributed by atoms with E-state index in [2.05, 4.69) is 37.5 Å². The van der Waals surface area contributed by atoms with Crippen LogP contribution in [0.15, 0.2) is 5.16 Å². The van der Waals surface area contributed by atoms with E-state index in [9.17, 15) is 4.79 Å². The maximum absolute atomic E-state index is 12.5. The van der Waals surface area contributed by atoms with Gasteiger partial charge in [0.15, 0.2) is 0 Å². The largest absolute Gasteiger partial charge is 0.387 e. The molecular weight excluding hydrogens is 364 g/mol. The second-order valence-electron chi connectivity index (χ2n) is 10.6. The standard InChI is InChI=1S/C21H34O.C3H6N2O2/c1-14-5-4-11-20(2)15(13-14)6-7-16-17-8-9-19(22)21(17,3)12-10-18(16)20;1-5-7-3(4)2-6/h14-18H,4-13H2,1-3H3;4,6H,1-2H2. The lowest BCUT2D eigenvalue weighted by atomic mass is 9.47. The molecule has 0 spiro atoms. The van der Waals surface area contributed by atoms with Crippen LogP contribution >= 0.6 is 0 Å². The summed E-state index contributed by atoms with van der Waals surface area (Å²) in [5, 5.41) is 17.4. The summed E-state index contributed by atoms with van der Waals surface area (Å²) in [5.41, 5.74) is 0.642. The van der Waals surface area contributed by atoms with Crippen LogP contribution < -0.4 is 0 Å². The molecule has 4 fully saturated rings. The van der Waals surface area contributed by atoms with E-state index in [0.717, 1.165) is 36.0 Å². The number of aliphatic hydroxyl groups is 1. The Kier molecular flexibility index (Phi) is 6.87. The minimum Gasteiger partial charge on any atom is -0.387 e. The lowest BCUT2D eigenvalue weighted by Crippen LogP contribution is -2.51. The number of Topliss-reactive ketones (excluding diaryl/α,β-unsaturated/α-hetero) is 1. The molecule has 5 nitrogen and oxygen atoms in total. The normalized spacial score (nSPS) is 43.6. The number of aliphatic hydroxyl groups excluding tert-OH is 1. The van der Waals surface area contributed by atoms with Crippen LogP contribution in [-0.4, -0.2) is 30.1 Å². The first-order valence-corrected chi connectivity index (χ1v) is 11.6. The Balaban J connectivity index is 0.000000298. The van der Waals surface area contributed by atoms with E-state index in [1.165, 1.54) is 57.8 Å². The smallest absolute Gasteiger partial charge is 0.243 e. The van der Waals surface area contributed by atoms with E-state index in [0.29, 0.717) is 11.2 Å². The van der Waals surface area contributed by atoms with Crippen molar-refractivity contribution in [3.05, 3.63) is 0 Å². The van der Waals surface area contributed by atoms with Gasteiger partial charge in [0.1, 0.15) is 12.4 Å². The summed E-state index contributed by atoms with van der Waals surface area (Å²) in [6.07, 6.45) is 13.3. The number of hydrogen-bond acceptors (Lipinski definition) is 5. The van der Waals surface area contributed by atoms with Crippen LogP contribution in [0.2, 0.25) is 0 Å². The lowest BCUT2D eigenvalue weighted by molar-refractivity contribution is -0.136. The number of rotatable bonds is 2. The fraction of sp³-hybridized carbons (Fsp3) is 0.875. The first-order chi connectivity index (χ1) is 13.8. The number of nitrogens with one attached hydrogen (secondary N) is 1. The average Bonchev–Trinajstić information content (AvgIpc) is 2.90. The average molecular weight is 405 g/mol. The first-order valence-electron chi connectivity index (χ1n) is 11.6. The van der Waals surface area contributed by atoms with Gasteiger partial charge in [-0.3, -0.25) is 10.2 Å². The molecule has 4 rings (SSSR count). The van der Waals surface area contributed by atoms with Crippen molar-refractivity contribution in [1.82, 2.24) is 0 Å². The van der Waals surface area contributed by atoms with Crippen molar-refractivity contribution in [2.45, 2.75) is 85.0 Å². The number of carbonyl (C=O) groups excluding carboxylic acids is 1. The Hall–Kier alpha value is -1.23. The Morgan fingerprint density at radius 3 is 2.62 bits per heavy atom. The summed E-state index contributed by atoms with van der Waals surface area (Å²) in [4.78, 5) is 16.5. The molecular formula is C24H40N2O3. The van der Waals surface area contributed by atoms with Crippen LogP contribution in [-0.2, 0) is 9.63 Å². The van der Waals surface area contributed by atoms with Gasteiger partial charge in [-0.1, -0.05) is 38.8 Å². The van der Waals surface area contributed by atoms with Crippen molar-refractivity contribution in [3.63, 3.8) is 0 Å². The Labute approximate surface area is 176 Å². The van der Waals surface area contributed by atoms with Crippen LogP contribution in [0.1, 0.15) is 85.0 Å². The molecule has 0 aliphatic heterocycles. The molecule has 2 N–H and O–H groups in total. The van der Waals surface area contributed by atoms with Crippen molar-refractivity contribution in [3.8, 4) is 0 Å². The third-order valence-corrected chi connectivity index (χ3v) is 9.19. The summed E-state index contributed by atoms with van der Waals surface area (Å²) in [5.74, 6) is 4.70. The maximum atomic E-state index is 12.5. The van der Waals surface area contributed by atoms with E-state index < -0.39 is 6.61 Å². The summed E-state index contributed by atoms with van der Waals surface area (Å²) < 4.78 is 0. The molecule has 0 bridgehead atoms. The molecule has 0 aromatic rings. The van der Waals surface area contributed by atoms with Crippen LogP contribution in [0.3, 0.4) is 0 Å². The number of ketones is 1. The SMILES string of the molecule is C=NOC(=N)CO.CC1CCCC2(C)C(CCC3C4CCC(=O)C4(C)CCC32)C1. The zero-order chi connectivity index (χ0) is 21.2. The van der Waals surface area contributed by atoms with Gasteiger partial charge in [-0.25, -0.2) is 0 Å². The quantitative estimate of drug-likeness (QED) is 0.376. The molecule has 0 radical (unpaired) electrons. The van der Waals surface area contributed by atoms with E-state index in [1.807, 2.05) is 0 Å². The second kappa shape index (κ2) is 8.87. The molecule has 4 aliphatic carbocycles. The van der Waals surface area contributed by atoms with Gasteiger partial charge < -0.3 is 9.94 Å². The van der Waals surface area contributed by atoms with Gasteiger partial charge in [0.05, 0.1) is 0 Å². The lowest BCUT2D eigenvalue weighted by Gasteiger charge is -2.58. The highest BCUT2D eigenvalue weighted by molar-refractivity contribution is 5.87. The van der Waals surface area contributed by atoms with Gasteiger partial charge >= 0.3 is 0 Å². The van der Waals surface area contributed by atoms with Crippen molar-refractivity contribution >= 4 is 18.4 Å². The van der Waals surface area contributed by atoms with Gasteiger partial charge in [-0.15, -0.1) is 0 Å². The zero-order valence-corrected chi connectivity index (χ0v) is 18.6. The Morgan fingerprint density at radius 2 is 1.97 bits per heavy atom. The summed E-state index contributed by atoms with van der Waals surface area (Å²) in [6.45, 7) is 9.93. The second-order valence-corrected chi connectivity index (χ2v) is 10.6. The van der Waals surface area contributed by atoms with Gasteiger partial charge in [-0.05, 0) is 80.0 Å². The van der Waals surface area contributed by atoms with Crippen LogP contribution in [0.5, 0.6) is 0 Å². The van der Waals surface area contributed by atoms with Crippen molar-refractivity contribution in [1.29, 1.82) is 5.41 Å². The monoisotopic (exact) mass is 404 g/mol. The van der Waals surface area contributed by atoms with Gasteiger partial charge in [0, 0.05) is 18.6 Å². The van der Waals surface area contributed by atoms with Crippen LogP contribution in [0.25, 0.3) is 0 Å². The molecule has 7 atom stereocenters. The van der Waals surface area contributed by atoms with Crippen molar-refractivity contribution in [2.24, 2.45) is 45.6 Å². The Bertz CT molecular complexity index is 636. The predicted octanol–water partition coefficient (Wildman–Crippen LogP) is 5.21. The highest BCUT2D eigenvalue weighted by Gasteiger charge is 2.59. The highest BCUT2D eigenvalue weighted by Crippen LogP contribution is 2.65. The van der Waals surface area contributed by atoms with Crippen molar-refractivity contribution in [2.75, 3.05) is 6.61 Å². The number of nitrogens with zero attached hydrogens (tertiary/aromatic N) is 1. The van der Waals surface area contributed by atoms with E-state index in [1.54, 1.807) is 0 Å². The minimum atomic E-state index is -0.432. The molecule has 4 saturated carbocycles. The highest BCUT2D eigenvalue weighted by atomic mass is 16.6. The first kappa shape index (κ1) is 22.5. The number of hydrogen-bond donors (Lipinski definition) is 2. The molecule has 164 valence electrons. The van der Waals surface area contributed by atoms with Gasteiger partial charge in [0.2, 0.25) is 5.90 Å². The van der Waals surface area contributed by atoms with Crippen LogP contribution in [0, 0.1) is 45.8 Å². The molecule has 4 aliphatic rings. The predicted molar refractivity (Wildman–Crippen MR) is 116 cm³/mol. The summed E-state index contributed by atoms with van der Waals surface area (Å²) >= 11 is 0. The third-order valence-electron chi connectivity index (χ3n) is 9.19. The topological polar surface area (TPSA) is 82.7 Å². The molecule has 0 heterocycles. The maximum Gasteiger partial charge on any atom is 0.243 e. The van der Waals surface area contributed by atoms with Gasteiger partial charge in [-0.2, -0.15) is 0 Å². The van der Waals surface area contributed by atoms with E-state index in [-0.39, 0.29) is 11.3 Å². The molecule has 7 unspecified atom stereocenters. The molecule has 0 aromatic heterocycles. The summed E-state index contributed by atoms with van der Waals surface area (Å²) in [7, 11) is 0. The van der Waals surface area contributed by atoms with Gasteiger partial charge in [0.25, 0.3) is 0 Å². The number of oxime groups is 1. The zero-order valence-electron chi connectivity index (χ0n) is 18.6. The number of carbonyl (C=O) groups is 1.